The van der Waals surface area contributed by atoms with Crippen molar-refractivity contribution >= 4 is 87.7 Å². The average Bonchev–Trinajstić information content (AvgIpc) is 3.27. The van der Waals surface area contributed by atoms with Crippen LogP contribution in [0.1, 0.15) is 15.9 Å². The van der Waals surface area contributed by atoms with Gasteiger partial charge in [-0.2, -0.15) is 12.8 Å². The van der Waals surface area contributed by atoms with Gasteiger partial charge in [0.2, 0.25) is 0 Å². The number of halogens is 2. The summed E-state index contributed by atoms with van der Waals surface area (Å²) < 4.78 is 34.9. The molecule has 1 atom stereocenters. The lowest BCUT2D eigenvalue weighted by Gasteiger charge is -2.17. The first-order chi connectivity index (χ1) is 16.6. The number of hydrogen-bond acceptors (Lipinski definition) is 7. The lowest BCUT2D eigenvalue weighted by atomic mass is 10.1. The molecule has 0 aliphatic carbocycles. The molecule has 3 N–H and O–H groups in total. The number of pyridine rings is 1. The highest BCUT2D eigenvalue weighted by Gasteiger charge is 2.26. The lowest BCUT2D eigenvalue weighted by molar-refractivity contribution is -0.139. The fraction of sp³-hybridized carbons (Fsp3) is 0.0909. The van der Waals surface area contributed by atoms with Gasteiger partial charge in [-0.3, -0.25) is 9.52 Å². The summed E-state index contributed by atoms with van der Waals surface area (Å²) in [5.41, 5.74) is 0.687. The first kappa shape index (κ1) is 25.5. The SMILES string of the molecule is O=C(N[C@H](Cc1cccc(Br)c1)C(=O)O)c1ccc(I)cc1NS(=O)(=O)c1nccc2sncc12. The third-order valence-electron chi connectivity index (χ3n) is 4.90. The van der Waals surface area contributed by atoms with Crippen LogP contribution in [0.5, 0.6) is 0 Å². The number of rotatable bonds is 8. The zero-order valence-electron chi connectivity index (χ0n) is 17.6. The molecule has 0 unspecified atom stereocenters. The van der Waals surface area contributed by atoms with E-state index in [-0.39, 0.29) is 22.7 Å². The molecule has 0 spiro atoms. The van der Waals surface area contributed by atoms with Gasteiger partial charge in [0.1, 0.15) is 6.04 Å². The highest BCUT2D eigenvalue weighted by molar-refractivity contribution is 14.1. The Hall–Kier alpha value is -2.62. The Balaban J connectivity index is 1.63. The first-order valence-corrected chi connectivity index (χ1v) is 14.1. The van der Waals surface area contributed by atoms with Crippen LogP contribution in [0, 0.1) is 3.57 Å². The first-order valence-electron chi connectivity index (χ1n) is 9.94. The van der Waals surface area contributed by atoms with Crippen molar-refractivity contribution in [2.75, 3.05) is 4.72 Å². The van der Waals surface area contributed by atoms with Crippen molar-refractivity contribution in [2.45, 2.75) is 17.5 Å². The van der Waals surface area contributed by atoms with Gasteiger partial charge in [-0.1, -0.05) is 28.1 Å². The van der Waals surface area contributed by atoms with Crippen LogP contribution in [0.3, 0.4) is 0 Å². The standard InChI is InChI=1S/C22H16BrIN4O5S2/c23-13-3-1-2-12(8-13)9-18(22(30)31)27-20(29)15-5-4-14(24)10-17(15)28-35(32,33)21-16-11-26-34-19(16)6-7-25-21/h1-8,10-11,18,28H,9H2,(H,27,29)(H,30,31)/t18-/m1/s1. The summed E-state index contributed by atoms with van der Waals surface area (Å²) in [6.07, 6.45) is 2.84. The number of hydrogen-bond donors (Lipinski definition) is 3. The smallest absolute Gasteiger partial charge is 0.326 e. The summed E-state index contributed by atoms with van der Waals surface area (Å²) in [4.78, 5) is 29.0. The summed E-state index contributed by atoms with van der Waals surface area (Å²) in [6.45, 7) is 0. The zero-order valence-corrected chi connectivity index (χ0v) is 23.0. The monoisotopic (exact) mass is 686 g/mol. The number of carbonyl (C=O) groups is 2. The van der Waals surface area contributed by atoms with Crippen LogP contribution in [0.15, 0.2) is 70.4 Å². The second-order valence-electron chi connectivity index (χ2n) is 7.35. The molecule has 0 aliphatic rings. The van der Waals surface area contributed by atoms with Crippen molar-refractivity contribution in [1.29, 1.82) is 0 Å². The highest BCUT2D eigenvalue weighted by Crippen LogP contribution is 2.27. The molecule has 0 saturated heterocycles. The van der Waals surface area contributed by atoms with Crippen LogP contribution in [0.2, 0.25) is 0 Å². The normalized spacial score (nSPS) is 12.3. The van der Waals surface area contributed by atoms with Gasteiger partial charge in [-0.25, -0.2) is 9.78 Å². The van der Waals surface area contributed by atoms with E-state index >= 15 is 0 Å². The minimum atomic E-state index is -4.18. The molecule has 4 aromatic rings. The molecular formula is C22H16BrIN4O5S2. The summed E-state index contributed by atoms with van der Waals surface area (Å²) >= 11 is 6.47. The van der Waals surface area contributed by atoms with Crippen LogP contribution >= 0.6 is 50.1 Å². The fourth-order valence-electron chi connectivity index (χ4n) is 3.31. The Bertz CT molecular complexity index is 1540. The van der Waals surface area contributed by atoms with Crippen molar-refractivity contribution in [3.05, 3.63) is 80.1 Å². The third-order valence-corrected chi connectivity index (χ3v) is 8.15. The van der Waals surface area contributed by atoms with Gasteiger partial charge >= 0.3 is 5.97 Å². The topological polar surface area (TPSA) is 138 Å². The van der Waals surface area contributed by atoms with Crippen LogP contribution in [0.4, 0.5) is 5.69 Å². The van der Waals surface area contributed by atoms with Gasteiger partial charge in [0, 0.05) is 20.7 Å². The largest absolute Gasteiger partial charge is 0.480 e. The Morgan fingerprint density at radius 1 is 1.17 bits per heavy atom. The summed E-state index contributed by atoms with van der Waals surface area (Å²) in [7, 11) is -4.18. The lowest BCUT2D eigenvalue weighted by Crippen LogP contribution is -2.42. The predicted molar refractivity (Wildman–Crippen MR) is 144 cm³/mol. The second-order valence-corrected chi connectivity index (χ2v) is 11.9. The van der Waals surface area contributed by atoms with E-state index in [1.165, 1.54) is 24.5 Å². The molecule has 2 aromatic carbocycles. The zero-order chi connectivity index (χ0) is 25.2. The van der Waals surface area contributed by atoms with E-state index in [2.05, 4.69) is 35.3 Å². The van der Waals surface area contributed by atoms with Crippen molar-refractivity contribution in [3.63, 3.8) is 0 Å². The Labute approximate surface area is 226 Å². The number of sulfonamides is 1. The molecule has 0 radical (unpaired) electrons. The molecule has 0 fully saturated rings. The molecule has 2 heterocycles. The third kappa shape index (κ3) is 5.97. The Morgan fingerprint density at radius 2 is 1.97 bits per heavy atom. The van der Waals surface area contributed by atoms with Crippen molar-refractivity contribution < 1.29 is 23.1 Å². The van der Waals surface area contributed by atoms with Gasteiger partial charge in [-0.15, -0.1) is 0 Å². The number of nitrogens with one attached hydrogen (secondary N) is 2. The molecule has 0 bridgehead atoms. The van der Waals surface area contributed by atoms with E-state index in [0.717, 1.165) is 16.0 Å². The minimum absolute atomic E-state index is 0.00276. The van der Waals surface area contributed by atoms with Crippen molar-refractivity contribution in [2.24, 2.45) is 0 Å². The fourth-order valence-corrected chi connectivity index (χ4v) is 6.16. The van der Waals surface area contributed by atoms with Gasteiger partial charge < -0.3 is 10.4 Å². The molecular weight excluding hydrogens is 671 g/mol. The molecule has 35 heavy (non-hydrogen) atoms. The van der Waals surface area contributed by atoms with Gasteiger partial charge in [0.15, 0.2) is 5.03 Å². The predicted octanol–water partition coefficient (Wildman–Crippen LogP) is 4.28. The second kappa shape index (κ2) is 10.6. The number of benzene rings is 2. The molecule has 0 saturated carbocycles. The molecule has 4 rings (SSSR count). The highest BCUT2D eigenvalue weighted by atomic mass is 127. The van der Waals surface area contributed by atoms with E-state index in [4.69, 9.17) is 0 Å². The number of aromatic nitrogens is 2. The number of carboxylic acids is 1. The quantitative estimate of drug-likeness (QED) is 0.235. The number of carboxylic acid groups (broad SMARTS) is 1. The van der Waals surface area contributed by atoms with E-state index < -0.39 is 27.9 Å². The molecule has 9 nitrogen and oxygen atoms in total. The number of carbonyl (C=O) groups excluding carboxylic acids is 1. The van der Waals surface area contributed by atoms with Crippen LogP contribution in [-0.2, 0) is 21.2 Å². The average molecular weight is 687 g/mol. The molecule has 1 amide bonds. The van der Waals surface area contributed by atoms with E-state index in [9.17, 15) is 23.1 Å². The van der Waals surface area contributed by atoms with Gasteiger partial charge in [-0.05, 0) is 76.1 Å². The minimum Gasteiger partial charge on any atom is -0.480 e. The number of fused-ring (bicyclic) bond motifs is 1. The van der Waals surface area contributed by atoms with Gasteiger partial charge in [0.25, 0.3) is 15.9 Å². The maximum absolute atomic E-state index is 13.2. The number of nitrogens with zero attached hydrogens (tertiary/aromatic N) is 2. The van der Waals surface area contributed by atoms with Crippen LogP contribution < -0.4 is 10.0 Å². The summed E-state index contributed by atoms with van der Waals surface area (Å²) in [6, 6.07) is 12.1. The summed E-state index contributed by atoms with van der Waals surface area (Å²) in [5, 5.41) is 12.3. The molecule has 13 heteroatoms. The van der Waals surface area contributed by atoms with E-state index in [0.29, 0.717) is 19.2 Å². The molecule has 2 aromatic heterocycles. The van der Waals surface area contributed by atoms with Crippen LogP contribution in [0.25, 0.3) is 10.1 Å². The molecule has 180 valence electrons. The maximum Gasteiger partial charge on any atom is 0.326 e. The van der Waals surface area contributed by atoms with Crippen molar-refractivity contribution in [1.82, 2.24) is 14.7 Å². The van der Waals surface area contributed by atoms with Crippen LogP contribution in [-0.4, -0.2) is 40.8 Å². The van der Waals surface area contributed by atoms with Crippen molar-refractivity contribution in [3.8, 4) is 0 Å². The van der Waals surface area contributed by atoms with Gasteiger partial charge in [0.05, 0.1) is 27.5 Å². The Kier molecular flexibility index (Phi) is 7.68. The Morgan fingerprint density at radius 3 is 2.71 bits per heavy atom. The maximum atomic E-state index is 13.2. The molecule has 0 aliphatic heterocycles. The van der Waals surface area contributed by atoms with E-state index in [1.54, 1.807) is 30.3 Å². The van der Waals surface area contributed by atoms with E-state index in [1.807, 2.05) is 28.7 Å². The summed E-state index contributed by atoms with van der Waals surface area (Å²) in [5.74, 6) is -1.95. The number of aliphatic carboxylic acids is 1. The number of anilines is 1. The number of amides is 1.